The quantitative estimate of drug-likeness (QED) is 0.752. The first-order valence-electron chi connectivity index (χ1n) is 6.72. The molecule has 0 bridgehead atoms. The van der Waals surface area contributed by atoms with Crippen LogP contribution in [0.5, 0.6) is 0 Å². The van der Waals surface area contributed by atoms with Crippen LogP contribution in [0.2, 0.25) is 0 Å². The Kier molecular flexibility index (Phi) is 6.17. The van der Waals surface area contributed by atoms with Crippen molar-refractivity contribution >= 4 is 5.91 Å². The Morgan fingerprint density at radius 3 is 2.00 bits per heavy atom. The highest BCUT2D eigenvalue weighted by Crippen LogP contribution is 2.27. The number of nitrogens with two attached hydrogens (primary N) is 1. The van der Waals surface area contributed by atoms with Crippen LogP contribution in [0.25, 0.3) is 0 Å². The highest BCUT2D eigenvalue weighted by Gasteiger charge is 2.33. The molecule has 0 aliphatic carbocycles. The molecule has 3 nitrogen and oxygen atoms in total. The minimum atomic E-state index is -0.377. The summed E-state index contributed by atoms with van der Waals surface area (Å²) in [7, 11) is 0. The molecule has 0 fully saturated rings. The van der Waals surface area contributed by atoms with Crippen molar-refractivity contribution in [1.29, 1.82) is 0 Å². The van der Waals surface area contributed by atoms with Gasteiger partial charge in [-0.15, -0.1) is 0 Å². The molecule has 0 aliphatic heterocycles. The molecule has 0 heterocycles. The molecule has 3 N–H and O–H groups in total. The summed E-state index contributed by atoms with van der Waals surface area (Å²) in [6.07, 6.45) is 1.60. The van der Waals surface area contributed by atoms with Gasteiger partial charge in [-0.1, -0.05) is 41.5 Å². The zero-order valence-corrected chi connectivity index (χ0v) is 12.4. The highest BCUT2D eigenvalue weighted by atomic mass is 16.2. The largest absolute Gasteiger partial charge is 0.355 e. The highest BCUT2D eigenvalue weighted by molar-refractivity contribution is 5.82. The lowest BCUT2D eigenvalue weighted by molar-refractivity contribution is -0.131. The Balaban J connectivity index is 4.45. The molecule has 0 saturated carbocycles. The second-order valence-electron chi connectivity index (χ2n) is 6.17. The number of amides is 1. The van der Waals surface area contributed by atoms with Gasteiger partial charge in [0.15, 0.2) is 0 Å². The van der Waals surface area contributed by atoms with Gasteiger partial charge in [-0.05, 0) is 24.2 Å². The third-order valence-electron chi connectivity index (χ3n) is 4.27. The molecule has 1 atom stereocenters. The maximum Gasteiger partial charge on any atom is 0.227 e. The van der Waals surface area contributed by atoms with E-state index in [4.69, 9.17) is 5.73 Å². The van der Waals surface area contributed by atoms with Crippen molar-refractivity contribution in [3.05, 3.63) is 0 Å². The van der Waals surface area contributed by atoms with Gasteiger partial charge < -0.3 is 11.1 Å². The van der Waals surface area contributed by atoms with Gasteiger partial charge >= 0.3 is 0 Å². The summed E-state index contributed by atoms with van der Waals surface area (Å²) in [6, 6.07) is 0. The van der Waals surface area contributed by atoms with Crippen molar-refractivity contribution < 1.29 is 4.79 Å². The summed E-state index contributed by atoms with van der Waals surface area (Å²) in [5.41, 5.74) is 5.60. The van der Waals surface area contributed by atoms with E-state index < -0.39 is 0 Å². The summed E-state index contributed by atoms with van der Waals surface area (Å²) in [5.74, 6) is 0.566. The van der Waals surface area contributed by atoms with Crippen LogP contribution in [-0.2, 0) is 4.79 Å². The minimum absolute atomic E-state index is 0.112. The van der Waals surface area contributed by atoms with Crippen LogP contribution >= 0.6 is 0 Å². The van der Waals surface area contributed by atoms with Crippen LogP contribution in [-0.4, -0.2) is 19.0 Å². The fraction of sp³-hybridized carbons (Fsp3) is 0.929. The Hall–Kier alpha value is -0.570. The van der Waals surface area contributed by atoms with Gasteiger partial charge in [0, 0.05) is 13.1 Å². The fourth-order valence-corrected chi connectivity index (χ4v) is 1.69. The van der Waals surface area contributed by atoms with Crippen molar-refractivity contribution in [2.45, 2.75) is 54.4 Å². The Morgan fingerprint density at radius 2 is 1.71 bits per heavy atom. The lowest BCUT2D eigenvalue weighted by Gasteiger charge is -2.32. The molecule has 0 saturated heterocycles. The van der Waals surface area contributed by atoms with E-state index in [1.165, 1.54) is 0 Å². The zero-order valence-electron chi connectivity index (χ0n) is 12.4. The second-order valence-corrected chi connectivity index (χ2v) is 6.17. The Labute approximate surface area is 107 Å². The van der Waals surface area contributed by atoms with E-state index in [1.807, 2.05) is 13.8 Å². The summed E-state index contributed by atoms with van der Waals surface area (Å²) in [5, 5.41) is 3.06. The number of nitrogens with one attached hydrogen (secondary N) is 1. The maximum atomic E-state index is 12.2. The van der Waals surface area contributed by atoms with Crippen molar-refractivity contribution in [3.63, 3.8) is 0 Å². The van der Waals surface area contributed by atoms with E-state index in [0.29, 0.717) is 12.5 Å². The predicted octanol–water partition coefficient (Wildman–Crippen LogP) is 2.55. The summed E-state index contributed by atoms with van der Waals surface area (Å²) >= 11 is 0. The van der Waals surface area contributed by atoms with Gasteiger partial charge in [-0.3, -0.25) is 4.79 Å². The van der Waals surface area contributed by atoms with E-state index in [9.17, 15) is 4.79 Å². The van der Waals surface area contributed by atoms with E-state index in [-0.39, 0.29) is 16.7 Å². The molecule has 0 aromatic rings. The maximum absolute atomic E-state index is 12.2. The first-order chi connectivity index (χ1) is 7.73. The van der Waals surface area contributed by atoms with Crippen LogP contribution in [0.15, 0.2) is 0 Å². The molecular formula is C14H30N2O. The topological polar surface area (TPSA) is 55.1 Å². The normalized spacial score (nSPS) is 14.5. The molecule has 0 aliphatic rings. The van der Waals surface area contributed by atoms with Crippen molar-refractivity contribution in [2.75, 3.05) is 13.1 Å². The van der Waals surface area contributed by atoms with Gasteiger partial charge in [0.05, 0.1) is 5.41 Å². The SMILES string of the molecule is CCC(CC)(CN)C(=O)NCC(C)C(C)(C)C. The van der Waals surface area contributed by atoms with Crippen LogP contribution in [0.3, 0.4) is 0 Å². The lowest BCUT2D eigenvalue weighted by atomic mass is 9.80. The molecule has 0 radical (unpaired) electrons. The fourth-order valence-electron chi connectivity index (χ4n) is 1.69. The summed E-state index contributed by atoms with van der Waals surface area (Å²) in [4.78, 5) is 12.2. The first-order valence-corrected chi connectivity index (χ1v) is 6.72. The smallest absolute Gasteiger partial charge is 0.227 e. The average molecular weight is 242 g/mol. The molecule has 0 aromatic heterocycles. The van der Waals surface area contributed by atoms with Gasteiger partial charge in [-0.25, -0.2) is 0 Å². The number of carbonyl (C=O) groups is 1. The number of hydrogen-bond acceptors (Lipinski definition) is 2. The second kappa shape index (κ2) is 6.39. The molecule has 1 amide bonds. The van der Waals surface area contributed by atoms with Crippen molar-refractivity contribution in [1.82, 2.24) is 5.32 Å². The average Bonchev–Trinajstić information content (AvgIpc) is 2.27. The molecule has 0 spiro atoms. The first kappa shape index (κ1) is 16.4. The number of rotatable bonds is 6. The minimum Gasteiger partial charge on any atom is -0.355 e. The summed E-state index contributed by atoms with van der Waals surface area (Å²) < 4.78 is 0. The standard InChI is InChI=1S/C14H30N2O/c1-7-14(8-2,10-15)12(17)16-9-11(3)13(4,5)6/h11H,7-10,15H2,1-6H3,(H,16,17). The van der Waals surface area contributed by atoms with Gasteiger partial charge in [0.25, 0.3) is 0 Å². The van der Waals surface area contributed by atoms with Gasteiger partial charge in [0.1, 0.15) is 0 Å². The summed E-state index contributed by atoms with van der Waals surface area (Å²) in [6.45, 7) is 14.0. The van der Waals surface area contributed by atoms with E-state index >= 15 is 0 Å². The van der Waals surface area contributed by atoms with Crippen LogP contribution in [0.4, 0.5) is 0 Å². The van der Waals surface area contributed by atoms with Crippen LogP contribution in [0, 0.1) is 16.7 Å². The molecule has 102 valence electrons. The third kappa shape index (κ3) is 4.30. The lowest BCUT2D eigenvalue weighted by Crippen LogP contribution is -2.47. The van der Waals surface area contributed by atoms with Crippen molar-refractivity contribution in [3.8, 4) is 0 Å². The zero-order chi connectivity index (χ0) is 13.7. The molecule has 3 heteroatoms. The van der Waals surface area contributed by atoms with Crippen molar-refractivity contribution in [2.24, 2.45) is 22.5 Å². The van der Waals surface area contributed by atoms with Crippen LogP contribution in [0.1, 0.15) is 54.4 Å². The van der Waals surface area contributed by atoms with Gasteiger partial charge in [0.2, 0.25) is 5.91 Å². The number of carbonyl (C=O) groups excluding carboxylic acids is 1. The van der Waals surface area contributed by atoms with Crippen LogP contribution < -0.4 is 11.1 Å². The third-order valence-corrected chi connectivity index (χ3v) is 4.27. The number of hydrogen-bond donors (Lipinski definition) is 2. The van der Waals surface area contributed by atoms with E-state index in [2.05, 4.69) is 33.0 Å². The molecule has 0 aromatic carbocycles. The molecular weight excluding hydrogens is 212 g/mol. The van der Waals surface area contributed by atoms with Gasteiger partial charge in [-0.2, -0.15) is 0 Å². The van der Waals surface area contributed by atoms with E-state index in [1.54, 1.807) is 0 Å². The predicted molar refractivity (Wildman–Crippen MR) is 73.7 cm³/mol. The molecule has 17 heavy (non-hydrogen) atoms. The molecule has 0 rings (SSSR count). The monoisotopic (exact) mass is 242 g/mol. The molecule has 1 unspecified atom stereocenters. The van der Waals surface area contributed by atoms with E-state index in [0.717, 1.165) is 19.4 Å². The Bertz CT molecular complexity index is 231. The Morgan fingerprint density at radius 1 is 1.24 bits per heavy atom.